The summed E-state index contributed by atoms with van der Waals surface area (Å²) in [7, 11) is 0. The minimum Gasteiger partial charge on any atom is -0.395 e. The van der Waals surface area contributed by atoms with E-state index in [1.54, 1.807) is 0 Å². The van der Waals surface area contributed by atoms with E-state index in [1.807, 2.05) is 0 Å². The van der Waals surface area contributed by atoms with E-state index in [2.05, 4.69) is 0 Å². The van der Waals surface area contributed by atoms with E-state index in [4.69, 9.17) is 5.11 Å². The molecule has 98 valence electrons. The fraction of sp³-hybridized carbons (Fsp3) is 1.00. The largest absolute Gasteiger partial charge is 0.402 e. The maximum Gasteiger partial charge on any atom is 0.402 e. The number of rotatable bonds is 3. The molecule has 0 saturated carbocycles. The molecule has 0 aliphatic heterocycles. The van der Waals surface area contributed by atoms with Crippen molar-refractivity contribution in [2.75, 3.05) is 6.61 Å². The fourth-order valence-electron chi connectivity index (χ4n) is 1.62. The summed E-state index contributed by atoms with van der Waals surface area (Å²) in [6.45, 7) is 2.47. The maximum absolute atomic E-state index is 13.9. The molecule has 0 bridgehead atoms. The Labute approximate surface area is 91.6 Å². The van der Waals surface area contributed by atoms with E-state index in [9.17, 15) is 22.0 Å². The van der Waals surface area contributed by atoms with Gasteiger partial charge in [-0.15, -0.1) is 0 Å². The molecule has 1 unspecified atom stereocenters. The molecule has 1 N–H and O–H groups in total. The van der Waals surface area contributed by atoms with Gasteiger partial charge < -0.3 is 5.11 Å². The van der Waals surface area contributed by atoms with Crippen LogP contribution >= 0.6 is 0 Å². The summed E-state index contributed by atoms with van der Waals surface area (Å²) in [6.07, 6.45) is -6.01. The first-order valence-electron chi connectivity index (χ1n) is 4.93. The van der Waals surface area contributed by atoms with Gasteiger partial charge in [-0.1, -0.05) is 27.7 Å². The second kappa shape index (κ2) is 4.13. The summed E-state index contributed by atoms with van der Waals surface area (Å²) in [5.74, 6) is -4.04. The molecule has 0 saturated heterocycles. The molecule has 0 aliphatic carbocycles. The molecule has 0 aliphatic rings. The lowest BCUT2D eigenvalue weighted by Gasteiger charge is -2.46. The molecular weight excluding hydrogens is 231 g/mol. The standard InChI is InChI=1S/C10H17F5O/c1-5-8(6-16,10(13,14)15)9(11,12)7(2,3)4/h16H,5-6H2,1-4H3. The van der Waals surface area contributed by atoms with Crippen LogP contribution in [0.2, 0.25) is 0 Å². The zero-order chi connectivity index (χ0) is 13.4. The number of alkyl halides is 5. The predicted molar refractivity (Wildman–Crippen MR) is 50.3 cm³/mol. The van der Waals surface area contributed by atoms with Crippen molar-refractivity contribution in [3.8, 4) is 0 Å². The summed E-state index contributed by atoms with van der Waals surface area (Å²) < 4.78 is 66.0. The van der Waals surface area contributed by atoms with Gasteiger partial charge in [-0.3, -0.25) is 0 Å². The monoisotopic (exact) mass is 248 g/mol. The van der Waals surface area contributed by atoms with Gasteiger partial charge in [-0.25, -0.2) is 8.78 Å². The van der Waals surface area contributed by atoms with Gasteiger partial charge in [0.2, 0.25) is 0 Å². The lowest BCUT2D eigenvalue weighted by atomic mass is 9.68. The van der Waals surface area contributed by atoms with Gasteiger partial charge in [-0.2, -0.15) is 13.2 Å². The Morgan fingerprint density at radius 1 is 0.938 bits per heavy atom. The van der Waals surface area contributed by atoms with Crippen molar-refractivity contribution in [3.05, 3.63) is 0 Å². The molecule has 0 aromatic carbocycles. The Hall–Kier alpha value is -0.390. The highest BCUT2D eigenvalue weighted by molar-refractivity contribution is 5.02. The third-order valence-electron chi connectivity index (χ3n) is 2.96. The van der Waals surface area contributed by atoms with Crippen molar-refractivity contribution >= 4 is 0 Å². The third-order valence-corrected chi connectivity index (χ3v) is 2.96. The molecule has 0 amide bonds. The van der Waals surface area contributed by atoms with Crippen LogP contribution < -0.4 is 0 Å². The molecule has 0 rings (SSSR count). The van der Waals surface area contributed by atoms with Crippen LogP contribution in [0.15, 0.2) is 0 Å². The predicted octanol–water partition coefficient (Wildman–Crippen LogP) is 3.62. The average Bonchev–Trinajstić information content (AvgIpc) is 2.01. The van der Waals surface area contributed by atoms with Crippen LogP contribution in [-0.4, -0.2) is 23.8 Å². The summed E-state index contributed by atoms with van der Waals surface area (Å²) in [4.78, 5) is 0. The number of halogens is 5. The first-order chi connectivity index (χ1) is 6.87. The second-order valence-electron chi connectivity index (χ2n) is 4.92. The fourth-order valence-corrected chi connectivity index (χ4v) is 1.62. The van der Waals surface area contributed by atoms with E-state index in [0.29, 0.717) is 0 Å². The summed E-state index contributed by atoms with van der Waals surface area (Å²) >= 11 is 0. The Bertz CT molecular complexity index is 235. The lowest BCUT2D eigenvalue weighted by molar-refractivity contribution is -0.335. The van der Waals surface area contributed by atoms with Crippen molar-refractivity contribution < 1.29 is 27.1 Å². The van der Waals surface area contributed by atoms with Crippen LogP contribution in [0.1, 0.15) is 34.1 Å². The molecule has 1 nitrogen and oxygen atoms in total. The number of hydrogen-bond donors (Lipinski definition) is 1. The number of aliphatic hydroxyl groups is 1. The number of hydrogen-bond acceptors (Lipinski definition) is 1. The topological polar surface area (TPSA) is 20.2 Å². The molecule has 0 heterocycles. The minimum atomic E-state index is -5.15. The summed E-state index contributed by atoms with van der Waals surface area (Å²) in [6, 6.07) is 0. The van der Waals surface area contributed by atoms with Gasteiger partial charge in [0.25, 0.3) is 5.92 Å². The molecule has 0 aromatic heterocycles. The smallest absolute Gasteiger partial charge is 0.395 e. The molecular formula is C10H17F5O. The zero-order valence-corrected chi connectivity index (χ0v) is 9.75. The third kappa shape index (κ3) is 2.04. The van der Waals surface area contributed by atoms with Crippen molar-refractivity contribution in [2.45, 2.75) is 46.2 Å². The van der Waals surface area contributed by atoms with E-state index in [0.717, 1.165) is 27.7 Å². The first-order valence-corrected chi connectivity index (χ1v) is 4.93. The average molecular weight is 248 g/mol. The summed E-state index contributed by atoms with van der Waals surface area (Å²) in [5, 5.41) is 8.81. The Morgan fingerprint density at radius 3 is 1.38 bits per heavy atom. The van der Waals surface area contributed by atoms with Crippen LogP contribution in [0.4, 0.5) is 22.0 Å². The molecule has 1 atom stereocenters. The SMILES string of the molecule is CCC(CO)(C(F)(F)F)C(F)(F)C(C)(C)C. The second-order valence-corrected chi connectivity index (χ2v) is 4.92. The Morgan fingerprint density at radius 2 is 1.31 bits per heavy atom. The van der Waals surface area contributed by atoms with E-state index in [-0.39, 0.29) is 0 Å². The van der Waals surface area contributed by atoms with Crippen LogP contribution in [0.3, 0.4) is 0 Å². The van der Waals surface area contributed by atoms with Crippen molar-refractivity contribution in [2.24, 2.45) is 10.8 Å². The minimum absolute atomic E-state index is 0.864. The Balaban J connectivity index is 5.72. The van der Waals surface area contributed by atoms with E-state index >= 15 is 0 Å². The normalized spacial score (nSPS) is 18.4. The van der Waals surface area contributed by atoms with Gasteiger partial charge in [0.15, 0.2) is 5.41 Å². The van der Waals surface area contributed by atoms with Crippen molar-refractivity contribution in [3.63, 3.8) is 0 Å². The van der Waals surface area contributed by atoms with Gasteiger partial charge in [0.1, 0.15) is 0 Å². The van der Waals surface area contributed by atoms with Gasteiger partial charge in [0, 0.05) is 5.41 Å². The van der Waals surface area contributed by atoms with Gasteiger partial charge in [-0.05, 0) is 6.42 Å². The molecule has 0 aromatic rings. The van der Waals surface area contributed by atoms with E-state index in [1.165, 1.54) is 0 Å². The molecule has 0 fully saturated rings. The first kappa shape index (κ1) is 15.6. The van der Waals surface area contributed by atoms with E-state index < -0.39 is 36.0 Å². The van der Waals surface area contributed by atoms with Crippen LogP contribution in [-0.2, 0) is 0 Å². The van der Waals surface area contributed by atoms with Gasteiger partial charge in [0.05, 0.1) is 6.61 Å². The molecule has 0 radical (unpaired) electrons. The van der Waals surface area contributed by atoms with Crippen molar-refractivity contribution in [1.29, 1.82) is 0 Å². The molecule has 16 heavy (non-hydrogen) atoms. The van der Waals surface area contributed by atoms with Gasteiger partial charge >= 0.3 is 6.18 Å². The highest BCUT2D eigenvalue weighted by Crippen LogP contribution is 2.57. The number of aliphatic hydroxyl groups excluding tert-OH is 1. The van der Waals surface area contributed by atoms with Crippen LogP contribution in [0.25, 0.3) is 0 Å². The Kier molecular flexibility index (Phi) is 4.03. The lowest BCUT2D eigenvalue weighted by Crippen LogP contribution is -2.59. The molecule has 6 heteroatoms. The van der Waals surface area contributed by atoms with Crippen LogP contribution in [0.5, 0.6) is 0 Å². The zero-order valence-electron chi connectivity index (χ0n) is 9.75. The maximum atomic E-state index is 13.9. The summed E-state index contributed by atoms with van der Waals surface area (Å²) in [5.41, 5.74) is -5.25. The quantitative estimate of drug-likeness (QED) is 0.756. The van der Waals surface area contributed by atoms with Crippen LogP contribution in [0, 0.1) is 10.8 Å². The highest BCUT2D eigenvalue weighted by atomic mass is 19.4. The highest BCUT2D eigenvalue weighted by Gasteiger charge is 2.71. The molecule has 0 spiro atoms. The van der Waals surface area contributed by atoms with Crippen molar-refractivity contribution in [1.82, 2.24) is 0 Å².